The number of likely N-dealkylation sites (N-methyl/N-ethyl adjacent to an activating group) is 1. The lowest BCUT2D eigenvalue weighted by Gasteiger charge is -2.50. The molecule has 10 heteroatoms. The molecule has 0 amide bonds. The molecule has 0 spiro atoms. The zero-order valence-electron chi connectivity index (χ0n) is 22.3. The van der Waals surface area contributed by atoms with Gasteiger partial charge in [-0.1, -0.05) is 6.08 Å². The Morgan fingerprint density at radius 2 is 1.87 bits per heavy atom. The number of nitrogens with one attached hydrogen (secondary N) is 1. The van der Waals surface area contributed by atoms with E-state index in [0.29, 0.717) is 17.7 Å². The maximum absolute atomic E-state index is 14.0. The number of aliphatic hydroxyl groups excluding tert-OH is 2. The Balaban J connectivity index is 1.94. The van der Waals surface area contributed by atoms with Gasteiger partial charge in [-0.2, -0.15) is 0 Å². The minimum absolute atomic E-state index is 0.0176. The second kappa shape index (κ2) is 9.68. The van der Waals surface area contributed by atoms with Gasteiger partial charge >= 0.3 is 0 Å². The third-order valence-corrected chi connectivity index (χ3v) is 7.97. The third-order valence-electron chi connectivity index (χ3n) is 7.97. The summed E-state index contributed by atoms with van der Waals surface area (Å²) in [7, 11) is 6.93. The van der Waals surface area contributed by atoms with Gasteiger partial charge in [-0.15, -0.1) is 6.58 Å². The highest BCUT2D eigenvalue weighted by Gasteiger charge is 2.63. The molecular formula is C28H35N3O7. The lowest BCUT2D eigenvalue weighted by atomic mass is 9.58. The molecule has 0 aliphatic heterocycles. The van der Waals surface area contributed by atoms with E-state index in [4.69, 9.17) is 0 Å². The maximum atomic E-state index is 14.0. The van der Waals surface area contributed by atoms with E-state index in [-0.39, 0.29) is 36.3 Å². The van der Waals surface area contributed by atoms with Crippen LogP contribution in [0.5, 0.6) is 5.75 Å². The van der Waals surface area contributed by atoms with Crippen LogP contribution in [0.25, 0.3) is 0 Å². The number of hydrogen-bond donors (Lipinski definition) is 5. The molecule has 1 aromatic carbocycles. The number of aromatic hydroxyl groups is 1. The van der Waals surface area contributed by atoms with Crippen LogP contribution >= 0.6 is 0 Å². The van der Waals surface area contributed by atoms with E-state index in [0.717, 1.165) is 12.6 Å². The van der Waals surface area contributed by atoms with Gasteiger partial charge in [0.2, 0.25) is 5.78 Å². The number of Topliss-reactive ketones (excluding diaryl/α,β-unsaturated/α-hetero) is 3. The monoisotopic (exact) mass is 525 g/mol. The minimum Gasteiger partial charge on any atom is -0.510 e. The SMILES string of the molecule is C=CCNCc1cc(N(C)C)c2c(c1O)C(=O)C1=C(O)[C@]3(O)C(=O)C(C(C)=O)=C(O)[C@@H](N(C)C)C3CC1C2. The van der Waals surface area contributed by atoms with Crippen molar-refractivity contribution in [2.24, 2.45) is 11.8 Å². The fraction of sp³-hybridized carbons (Fsp3) is 0.464. The smallest absolute Gasteiger partial charge is 0.209 e. The van der Waals surface area contributed by atoms with Crippen LogP contribution in [0.4, 0.5) is 5.69 Å². The summed E-state index contributed by atoms with van der Waals surface area (Å²) in [4.78, 5) is 43.2. The van der Waals surface area contributed by atoms with E-state index in [1.54, 1.807) is 25.1 Å². The topological polar surface area (TPSA) is 151 Å². The number of nitrogens with zero attached hydrogens (tertiary/aromatic N) is 2. The highest BCUT2D eigenvalue weighted by atomic mass is 16.3. The molecule has 0 radical (unpaired) electrons. The van der Waals surface area contributed by atoms with Gasteiger partial charge in [-0.05, 0) is 51.4 Å². The molecule has 0 saturated carbocycles. The summed E-state index contributed by atoms with van der Waals surface area (Å²) in [5.74, 6) is -5.68. The molecule has 3 aliphatic carbocycles. The van der Waals surface area contributed by atoms with Crippen LogP contribution < -0.4 is 10.2 Å². The Morgan fingerprint density at radius 1 is 1.21 bits per heavy atom. The van der Waals surface area contributed by atoms with Crippen molar-refractivity contribution in [1.82, 2.24) is 10.2 Å². The molecule has 3 aliphatic rings. The summed E-state index contributed by atoms with van der Waals surface area (Å²) < 4.78 is 0. The molecule has 38 heavy (non-hydrogen) atoms. The first kappa shape index (κ1) is 27.6. The fourth-order valence-electron chi connectivity index (χ4n) is 6.30. The summed E-state index contributed by atoms with van der Waals surface area (Å²) >= 11 is 0. The number of aliphatic hydroxyl groups is 3. The number of carbonyl (C=O) groups is 3. The molecule has 0 fully saturated rings. The summed E-state index contributed by atoms with van der Waals surface area (Å²) in [5.41, 5.74) is -1.50. The van der Waals surface area contributed by atoms with Crippen molar-refractivity contribution < 1.29 is 34.8 Å². The first-order chi connectivity index (χ1) is 17.8. The molecule has 0 heterocycles. The number of ketones is 3. The van der Waals surface area contributed by atoms with Crippen molar-refractivity contribution in [3.05, 3.63) is 58.1 Å². The van der Waals surface area contributed by atoms with Crippen LogP contribution in [-0.2, 0) is 22.6 Å². The molecule has 204 valence electrons. The Labute approximate surface area is 221 Å². The van der Waals surface area contributed by atoms with E-state index in [9.17, 15) is 34.8 Å². The predicted molar refractivity (Wildman–Crippen MR) is 141 cm³/mol. The van der Waals surface area contributed by atoms with Crippen molar-refractivity contribution in [3.63, 3.8) is 0 Å². The zero-order valence-corrected chi connectivity index (χ0v) is 22.3. The standard InChI is InChI=1S/C28H35N3O7/c1-7-8-29-12-15-11-18(30(3)4)16-9-14-10-17-22(31(5)6)25(35)19(13(2)32)26(36)28(17,38)27(37)20(14)24(34)21(16)23(15)33/h7,11,14,17,22,29,33,35,37-38H,1,8-10,12H2,2-6H3/t14?,17?,22-,28+/m0/s1. The summed E-state index contributed by atoms with van der Waals surface area (Å²) in [6.07, 6.45) is 2.01. The molecule has 1 aromatic rings. The van der Waals surface area contributed by atoms with E-state index in [1.807, 2.05) is 25.1 Å². The fourth-order valence-corrected chi connectivity index (χ4v) is 6.30. The Hall–Kier alpha value is -3.47. The lowest BCUT2D eigenvalue weighted by molar-refractivity contribution is -0.148. The first-order valence-corrected chi connectivity index (χ1v) is 12.5. The lowest BCUT2D eigenvalue weighted by Crippen LogP contribution is -2.63. The van der Waals surface area contributed by atoms with Crippen LogP contribution in [0, 0.1) is 11.8 Å². The van der Waals surface area contributed by atoms with Crippen molar-refractivity contribution in [3.8, 4) is 5.75 Å². The van der Waals surface area contributed by atoms with Crippen molar-refractivity contribution in [1.29, 1.82) is 0 Å². The average molecular weight is 526 g/mol. The number of rotatable bonds is 7. The highest BCUT2D eigenvalue weighted by Crippen LogP contribution is 2.53. The second-order valence-electron chi connectivity index (χ2n) is 10.7. The molecule has 4 rings (SSSR count). The van der Waals surface area contributed by atoms with Gasteiger partial charge in [0, 0.05) is 49.9 Å². The maximum Gasteiger partial charge on any atom is 0.209 e. The van der Waals surface area contributed by atoms with E-state index < -0.39 is 57.9 Å². The van der Waals surface area contributed by atoms with Gasteiger partial charge < -0.3 is 30.6 Å². The van der Waals surface area contributed by atoms with Gasteiger partial charge in [0.1, 0.15) is 22.8 Å². The minimum atomic E-state index is -2.58. The molecule has 10 nitrogen and oxygen atoms in total. The number of phenolic OH excluding ortho intramolecular Hbond substituents is 1. The van der Waals surface area contributed by atoms with Crippen LogP contribution in [0.2, 0.25) is 0 Å². The van der Waals surface area contributed by atoms with Gasteiger partial charge in [0.25, 0.3) is 0 Å². The Bertz CT molecular complexity index is 1310. The number of anilines is 1. The van der Waals surface area contributed by atoms with Crippen LogP contribution in [0.15, 0.2) is 41.4 Å². The van der Waals surface area contributed by atoms with Crippen LogP contribution in [0.3, 0.4) is 0 Å². The number of hydrogen-bond acceptors (Lipinski definition) is 10. The average Bonchev–Trinajstić information content (AvgIpc) is 2.82. The largest absolute Gasteiger partial charge is 0.510 e. The molecule has 0 bridgehead atoms. The summed E-state index contributed by atoms with van der Waals surface area (Å²) in [5, 5.41) is 48.4. The number of allylic oxidation sites excluding steroid dienone is 1. The summed E-state index contributed by atoms with van der Waals surface area (Å²) in [6.45, 7) is 5.50. The third kappa shape index (κ3) is 3.86. The molecule has 0 saturated heterocycles. The first-order valence-electron chi connectivity index (χ1n) is 12.5. The highest BCUT2D eigenvalue weighted by molar-refractivity contribution is 6.25. The quantitative estimate of drug-likeness (QED) is 0.202. The van der Waals surface area contributed by atoms with Gasteiger partial charge in [-0.25, -0.2) is 0 Å². The van der Waals surface area contributed by atoms with Crippen molar-refractivity contribution in [2.75, 3.05) is 39.6 Å². The molecule has 0 aromatic heterocycles. The summed E-state index contributed by atoms with van der Waals surface area (Å²) in [6, 6.07) is 0.864. The molecule has 4 atom stereocenters. The van der Waals surface area contributed by atoms with Crippen molar-refractivity contribution in [2.45, 2.75) is 38.0 Å². The van der Waals surface area contributed by atoms with E-state index in [2.05, 4.69) is 11.9 Å². The normalized spacial score (nSPS) is 26.8. The molecular weight excluding hydrogens is 490 g/mol. The second-order valence-corrected chi connectivity index (χ2v) is 10.7. The number of fused-ring (bicyclic) bond motifs is 3. The Morgan fingerprint density at radius 3 is 2.42 bits per heavy atom. The zero-order chi connectivity index (χ0) is 28.3. The van der Waals surface area contributed by atoms with Gasteiger partial charge in [-0.3, -0.25) is 19.3 Å². The number of benzene rings is 1. The predicted octanol–water partition coefficient (Wildman–Crippen LogP) is 1.57. The van der Waals surface area contributed by atoms with Crippen LogP contribution in [-0.4, -0.2) is 89.1 Å². The van der Waals surface area contributed by atoms with E-state index in [1.165, 1.54) is 0 Å². The Kier molecular flexibility index (Phi) is 7.02. The number of phenols is 1. The molecule has 5 N–H and O–H groups in total. The van der Waals surface area contributed by atoms with Crippen LogP contribution in [0.1, 0.15) is 34.8 Å². The molecule has 2 unspecified atom stereocenters. The van der Waals surface area contributed by atoms with Crippen molar-refractivity contribution >= 4 is 23.0 Å². The van der Waals surface area contributed by atoms with E-state index >= 15 is 0 Å². The van der Waals surface area contributed by atoms with Gasteiger partial charge in [0.15, 0.2) is 17.2 Å². The van der Waals surface area contributed by atoms with Gasteiger partial charge in [0.05, 0.1) is 11.6 Å². The number of carbonyl (C=O) groups excluding carboxylic acids is 3.